The van der Waals surface area contributed by atoms with Gasteiger partial charge in [0.1, 0.15) is 15.6 Å². The van der Waals surface area contributed by atoms with Crippen molar-refractivity contribution in [2.75, 3.05) is 0 Å². The van der Waals surface area contributed by atoms with E-state index in [1.54, 1.807) is 13.0 Å². The van der Waals surface area contributed by atoms with Crippen LogP contribution < -0.4 is 4.72 Å². The Kier molecular flexibility index (Phi) is 4.27. The van der Waals surface area contributed by atoms with E-state index in [1.807, 2.05) is 30.3 Å². The number of furan rings is 1. The van der Waals surface area contributed by atoms with Crippen LogP contribution in [0, 0.1) is 0 Å². The Bertz CT molecular complexity index is 865. The van der Waals surface area contributed by atoms with E-state index >= 15 is 0 Å². The van der Waals surface area contributed by atoms with Gasteiger partial charge in [0.05, 0.1) is 4.34 Å². The maximum atomic E-state index is 12.2. The Hall–Kier alpha value is -1.34. The molecule has 0 saturated carbocycles. The van der Waals surface area contributed by atoms with Gasteiger partial charge in [-0.05, 0) is 31.2 Å². The molecule has 3 aromatic rings. The van der Waals surface area contributed by atoms with Gasteiger partial charge < -0.3 is 4.42 Å². The van der Waals surface area contributed by atoms with E-state index in [2.05, 4.69) is 4.72 Å². The summed E-state index contributed by atoms with van der Waals surface area (Å²) in [6, 6.07) is 12.4. The Morgan fingerprint density at radius 1 is 1.27 bits per heavy atom. The maximum Gasteiger partial charge on any atom is 0.250 e. The molecule has 1 N–H and O–H groups in total. The molecule has 0 amide bonds. The van der Waals surface area contributed by atoms with Gasteiger partial charge >= 0.3 is 0 Å². The number of hydrogen-bond donors (Lipinski definition) is 1. The van der Waals surface area contributed by atoms with Crippen molar-refractivity contribution in [1.82, 2.24) is 4.72 Å². The number of para-hydroxylation sites is 1. The lowest BCUT2D eigenvalue weighted by molar-refractivity contribution is 0.504. The number of fused-ring (bicyclic) bond motifs is 1. The summed E-state index contributed by atoms with van der Waals surface area (Å²) in [7, 11) is -3.55. The third-order valence-corrected chi connectivity index (χ3v) is 6.47. The van der Waals surface area contributed by atoms with Crippen LogP contribution in [0.3, 0.4) is 0 Å². The molecule has 0 aliphatic carbocycles. The minimum Gasteiger partial charge on any atom is -0.461 e. The summed E-state index contributed by atoms with van der Waals surface area (Å²) < 4.78 is 33.5. The molecular weight excluding hydrogens is 342 g/mol. The molecular formula is C15H14ClNO3S2. The monoisotopic (exact) mass is 355 g/mol. The highest BCUT2D eigenvalue weighted by molar-refractivity contribution is 7.91. The molecule has 22 heavy (non-hydrogen) atoms. The molecule has 1 aromatic carbocycles. The summed E-state index contributed by atoms with van der Waals surface area (Å²) in [5.41, 5.74) is 0.803. The summed E-state index contributed by atoms with van der Waals surface area (Å²) in [6.07, 6.45) is 0.479. The first-order chi connectivity index (χ1) is 10.4. The quantitative estimate of drug-likeness (QED) is 0.750. The van der Waals surface area contributed by atoms with Crippen molar-refractivity contribution in [3.63, 3.8) is 0 Å². The SMILES string of the molecule is CC(Cc1cc2ccccc2o1)NS(=O)(=O)c1ccc(Cl)s1. The van der Waals surface area contributed by atoms with Gasteiger partial charge in [0.15, 0.2) is 0 Å². The lowest BCUT2D eigenvalue weighted by Gasteiger charge is -2.11. The second-order valence-electron chi connectivity index (χ2n) is 5.04. The highest BCUT2D eigenvalue weighted by Crippen LogP contribution is 2.26. The number of sulfonamides is 1. The summed E-state index contributed by atoms with van der Waals surface area (Å²) in [5.74, 6) is 0.751. The predicted octanol–water partition coefficient (Wildman–Crippen LogP) is 4.06. The smallest absolute Gasteiger partial charge is 0.250 e. The molecule has 0 spiro atoms. The van der Waals surface area contributed by atoms with Gasteiger partial charge in [-0.3, -0.25) is 0 Å². The molecule has 0 bridgehead atoms. The zero-order valence-electron chi connectivity index (χ0n) is 11.7. The molecule has 1 unspecified atom stereocenters. The number of hydrogen-bond acceptors (Lipinski definition) is 4. The van der Waals surface area contributed by atoms with Crippen LogP contribution in [-0.2, 0) is 16.4 Å². The average Bonchev–Trinajstić information content (AvgIpc) is 3.03. The highest BCUT2D eigenvalue weighted by atomic mass is 35.5. The van der Waals surface area contributed by atoms with Crippen molar-refractivity contribution >= 4 is 43.9 Å². The Labute approximate surface area is 137 Å². The first-order valence-corrected chi connectivity index (χ1v) is 9.37. The van der Waals surface area contributed by atoms with Gasteiger partial charge in [0.2, 0.25) is 10.0 Å². The van der Waals surface area contributed by atoms with E-state index in [1.165, 1.54) is 6.07 Å². The van der Waals surface area contributed by atoms with Crippen LogP contribution in [0.4, 0.5) is 0 Å². The summed E-state index contributed by atoms with van der Waals surface area (Å²) in [6.45, 7) is 1.81. The van der Waals surface area contributed by atoms with Crippen molar-refractivity contribution in [1.29, 1.82) is 0 Å². The Morgan fingerprint density at radius 2 is 2.05 bits per heavy atom. The first kappa shape index (κ1) is 15.6. The van der Waals surface area contributed by atoms with E-state index in [0.717, 1.165) is 28.1 Å². The molecule has 7 heteroatoms. The number of nitrogens with one attached hydrogen (secondary N) is 1. The highest BCUT2D eigenvalue weighted by Gasteiger charge is 2.20. The van der Waals surface area contributed by atoms with Gasteiger partial charge in [-0.2, -0.15) is 0 Å². The molecule has 0 fully saturated rings. The Balaban J connectivity index is 1.73. The van der Waals surface area contributed by atoms with Crippen LogP contribution in [-0.4, -0.2) is 14.5 Å². The van der Waals surface area contributed by atoms with Crippen LogP contribution >= 0.6 is 22.9 Å². The molecule has 1 atom stereocenters. The molecule has 2 heterocycles. The van der Waals surface area contributed by atoms with Crippen molar-refractivity contribution < 1.29 is 12.8 Å². The van der Waals surface area contributed by atoms with E-state index in [-0.39, 0.29) is 10.3 Å². The van der Waals surface area contributed by atoms with E-state index in [4.69, 9.17) is 16.0 Å². The lowest BCUT2D eigenvalue weighted by Crippen LogP contribution is -2.33. The topological polar surface area (TPSA) is 59.3 Å². The molecule has 116 valence electrons. The van der Waals surface area contributed by atoms with Gasteiger partial charge in [0, 0.05) is 17.8 Å². The van der Waals surface area contributed by atoms with Crippen molar-refractivity contribution in [2.24, 2.45) is 0 Å². The Morgan fingerprint density at radius 3 is 2.73 bits per heavy atom. The minimum atomic E-state index is -3.55. The molecule has 0 aliphatic heterocycles. The van der Waals surface area contributed by atoms with Crippen LogP contribution in [0.5, 0.6) is 0 Å². The third kappa shape index (κ3) is 3.35. The van der Waals surface area contributed by atoms with Crippen LogP contribution in [0.1, 0.15) is 12.7 Å². The van der Waals surface area contributed by atoms with Crippen molar-refractivity contribution in [3.05, 3.63) is 52.6 Å². The number of benzene rings is 1. The molecule has 0 saturated heterocycles. The third-order valence-electron chi connectivity index (χ3n) is 3.15. The van der Waals surface area contributed by atoms with Gasteiger partial charge in [-0.25, -0.2) is 13.1 Å². The van der Waals surface area contributed by atoms with Crippen molar-refractivity contribution in [2.45, 2.75) is 23.6 Å². The summed E-state index contributed by atoms with van der Waals surface area (Å²) >= 11 is 6.83. The summed E-state index contributed by atoms with van der Waals surface area (Å²) in [4.78, 5) is 0. The van der Waals surface area contributed by atoms with Gasteiger partial charge in [-0.15, -0.1) is 11.3 Å². The van der Waals surface area contributed by atoms with Crippen LogP contribution in [0.2, 0.25) is 4.34 Å². The average molecular weight is 356 g/mol. The van der Waals surface area contributed by atoms with Gasteiger partial charge in [-0.1, -0.05) is 29.8 Å². The van der Waals surface area contributed by atoms with Crippen molar-refractivity contribution in [3.8, 4) is 0 Å². The second kappa shape index (κ2) is 6.04. The molecule has 4 nitrogen and oxygen atoms in total. The van der Waals surface area contributed by atoms with E-state index in [0.29, 0.717) is 10.8 Å². The fourth-order valence-corrected chi connectivity index (χ4v) is 4.99. The fraction of sp³-hybridized carbons (Fsp3) is 0.200. The number of rotatable bonds is 5. The van der Waals surface area contributed by atoms with Crippen LogP contribution in [0.25, 0.3) is 11.0 Å². The molecule has 3 rings (SSSR count). The predicted molar refractivity (Wildman–Crippen MR) is 89.0 cm³/mol. The second-order valence-corrected chi connectivity index (χ2v) is 8.69. The fourth-order valence-electron chi connectivity index (χ4n) is 2.25. The summed E-state index contributed by atoms with van der Waals surface area (Å²) in [5, 5.41) is 1.01. The maximum absolute atomic E-state index is 12.2. The first-order valence-electron chi connectivity index (χ1n) is 6.69. The standard InChI is InChI=1S/C15H14ClNO3S2/c1-10(17-22(18,19)15-7-6-14(16)21-15)8-12-9-11-4-2-3-5-13(11)20-12/h2-7,9-10,17H,8H2,1H3. The van der Waals surface area contributed by atoms with Crippen LogP contribution in [0.15, 0.2) is 51.1 Å². The largest absolute Gasteiger partial charge is 0.461 e. The molecule has 0 radical (unpaired) electrons. The lowest BCUT2D eigenvalue weighted by atomic mass is 10.2. The van der Waals surface area contributed by atoms with E-state index < -0.39 is 10.0 Å². The van der Waals surface area contributed by atoms with Gasteiger partial charge in [0.25, 0.3) is 0 Å². The number of halogens is 1. The zero-order chi connectivity index (χ0) is 15.7. The normalized spacial score (nSPS) is 13.5. The zero-order valence-corrected chi connectivity index (χ0v) is 14.1. The van der Waals surface area contributed by atoms with E-state index in [9.17, 15) is 8.42 Å². The molecule has 2 aromatic heterocycles. The number of thiophene rings is 1. The molecule has 0 aliphatic rings. The minimum absolute atomic E-state index is 0.217.